The lowest BCUT2D eigenvalue weighted by Crippen LogP contribution is -2.33. The van der Waals surface area contributed by atoms with Gasteiger partial charge in [-0.1, -0.05) is 12.1 Å². The fraction of sp³-hybridized carbons (Fsp3) is 0.421. The number of amides is 2. The normalized spacial score (nSPS) is 14.0. The van der Waals surface area contributed by atoms with Crippen molar-refractivity contribution in [3.63, 3.8) is 0 Å². The Labute approximate surface area is 166 Å². The van der Waals surface area contributed by atoms with Crippen LogP contribution in [0.1, 0.15) is 24.2 Å². The molecule has 3 rings (SSSR count). The van der Waals surface area contributed by atoms with Crippen LogP contribution < -0.4 is 20.9 Å². The topological polar surface area (TPSA) is 82.2 Å². The molecule has 0 unspecified atom stereocenters. The SMILES string of the molecule is Cc1nc(NCCNC(=O)Nc2ccccc2C(F)(F)F)cc(N2CCCC2)n1. The average molecular weight is 408 g/mol. The molecule has 10 heteroatoms. The van der Waals surface area contributed by atoms with Crippen LogP contribution in [0.3, 0.4) is 0 Å². The molecule has 3 N–H and O–H groups in total. The van der Waals surface area contributed by atoms with Crippen molar-refractivity contribution in [1.29, 1.82) is 0 Å². The second-order valence-corrected chi connectivity index (χ2v) is 6.70. The molecule has 1 aliphatic rings. The number of rotatable bonds is 6. The molecule has 0 spiro atoms. The Kier molecular flexibility index (Phi) is 6.40. The Balaban J connectivity index is 1.49. The molecule has 1 saturated heterocycles. The quantitative estimate of drug-likeness (QED) is 0.636. The van der Waals surface area contributed by atoms with Gasteiger partial charge >= 0.3 is 12.2 Å². The molecule has 156 valence electrons. The summed E-state index contributed by atoms with van der Waals surface area (Å²) in [6.45, 7) is 4.33. The number of aryl methyl sites for hydroxylation is 1. The molecule has 0 aliphatic carbocycles. The van der Waals surface area contributed by atoms with E-state index in [4.69, 9.17) is 0 Å². The summed E-state index contributed by atoms with van der Waals surface area (Å²) in [6, 6.07) is 5.99. The van der Waals surface area contributed by atoms with Gasteiger partial charge in [-0.05, 0) is 31.9 Å². The van der Waals surface area contributed by atoms with Crippen LogP contribution in [-0.2, 0) is 6.18 Å². The maximum atomic E-state index is 13.0. The predicted molar refractivity (Wildman–Crippen MR) is 105 cm³/mol. The molecule has 1 aromatic heterocycles. The molecule has 0 atom stereocenters. The van der Waals surface area contributed by atoms with E-state index in [0.717, 1.165) is 37.8 Å². The first-order valence-corrected chi connectivity index (χ1v) is 9.38. The van der Waals surface area contributed by atoms with Gasteiger partial charge in [0.1, 0.15) is 17.5 Å². The van der Waals surface area contributed by atoms with Crippen molar-refractivity contribution in [2.75, 3.05) is 41.7 Å². The maximum absolute atomic E-state index is 13.0. The maximum Gasteiger partial charge on any atom is 0.418 e. The van der Waals surface area contributed by atoms with Crippen molar-refractivity contribution in [1.82, 2.24) is 15.3 Å². The monoisotopic (exact) mass is 408 g/mol. The number of para-hydroxylation sites is 1. The lowest BCUT2D eigenvalue weighted by molar-refractivity contribution is -0.136. The number of nitrogens with zero attached hydrogens (tertiary/aromatic N) is 3. The first-order chi connectivity index (χ1) is 13.8. The Bertz CT molecular complexity index is 852. The van der Waals surface area contributed by atoms with Crippen LogP contribution in [0.15, 0.2) is 30.3 Å². The molecule has 2 aromatic rings. The predicted octanol–water partition coefficient (Wildman–Crippen LogP) is 3.64. The van der Waals surface area contributed by atoms with E-state index in [1.54, 1.807) is 0 Å². The number of halogens is 3. The van der Waals surface area contributed by atoms with Crippen molar-refractivity contribution in [2.24, 2.45) is 0 Å². The van der Waals surface area contributed by atoms with Gasteiger partial charge in [0, 0.05) is 32.2 Å². The smallest absolute Gasteiger partial charge is 0.368 e. The summed E-state index contributed by atoms with van der Waals surface area (Å²) >= 11 is 0. The van der Waals surface area contributed by atoms with Crippen LogP contribution >= 0.6 is 0 Å². The van der Waals surface area contributed by atoms with Crippen LogP contribution in [0.4, 0.5) is 35.3 Å². The third-order valence-corrected chi connectivity index (χ3v) is 4.45. The van der Waals surface area contributed by atoms with Gasteiger partial charge in [0.05, 0.1) is 11.3 Å². The molecule has 1 fully saturated rings. The molecule has 0 bridgehead atoms. The number of anilines is 3. The number of alkyl halides is 3. The van der Waals surface area contributed by atoms with Gasteiger partial charge in [0.15, 0.2) is 0 Å². The highest BCUT2D eigenvalue weighted by Gasteiger charge is 2.33. The van der Waals surface area contributed by atoms with E-state index in [-0.39, 0.29) is 12.2 Å². The fourth-order valence-corrected chi connectivity index (χ4v) is 3.12. The molecule has 1 aromatic carbocycles. The summed E-state index contributed by atoms with van der Waals surface area (Å²) in [7, 11) is 0. The number of nitrogens with one attached hydrogen (secondary N) is 3. The van der Waals surface area contributed by atoms with Crippen molar-refractivity contribution in [3.8, 4) is 0 Å². The van der Waals surface area contributed by atoms with Crippen LogP contribution in [0.25, 0.3) is 0 Å². The van der Waals surface area contributed by atoms with Gasteiger partial charge in [0.2, 0.25) is 0 Å². The van der Waals surface area contributed by atoms with Gasteiger partial charge in [-0.3, -0.25) is 0 Å². The third-order valence-electron chi connectivity index (χ3n) is 4.45. The third kappa shape index (κ3) is 5.72. The minimum absolute atomic E-state index is 0.210. The van der Waals surface area contributed by atoms with Crippen molar-refractivity contribution in [3.05, 3.63) is 41.7 Å². The first-order valence-electron chi connectivity index (χ1n) is 9.38. The molecular weight excluding hydrogens is 385 g/mol. The van der Waals surface area contributed by atoms with Gasteiger partial charge in [-0.15, -0.1) is 0 Å². The number of carbonyl (C=O) groups excluding carboxylic acids is 1. The Hall–Kier alpha value is -3.04. The minimum Gasteiger partial charge on any atom is -0.368 e. The Morgan fingerprint density at radius 3 is 2.59 bits per heavy atom. The van der Waals surface area contributed by atoms with Gasteiger partial charge < -0.3 is 20.9 Å². The molecule has 0 radical (unpaired) electrons. The lowest BCUT2D eigenvalue weighted by Gasteiger charge is -2.18. The summed E-state index contributed by atoms with van der Waals surface area (Å²) in [5.41, 5.74) is -1.17. The van der Waals surface area contributed by atoms with E-state index in [1.807, 2.05) is 13.0 Å². The number of carbonyl (C=O) groups is 1. The zero-order valence-electron chi connectivity index (χ0n) is 16.0. The largest absolute Gasteiger partial charge is 0.418 e. The second kappa shape index (κ2) is 8.97. The van der Waals surface area contributed by atoms with Gasteiger partial charge in [-0.25, -0.2) is 14.8 Å². The number of aromatic nitrogens is 2. The van der Waals surface area contributed by atoms with Gasteiger partial charge in [-0.2, -0.15) is 13.2 Å². The summed E-state index contributed by atoms with van der Waals surface area (Å²) in [5, 5.41) is 7.88. The highest BCUT2D eigenvalue weighted by atomic mass is 19.4. The molecular formula is C19H23F3N6O. The highest BCUT2D eigenvalue weighted by Crippen LogP contribution is 2.34. The van der Waals surface area contributed by atoms with Crippen LogP contribution in [0.2, 0.25) is 0 Å². The minimum atomic E-state index is -4.54. The summed E-state index contributed by atoms with van der Waals surface area (Å²) in [5.74, 6) is 2.15. The van der Waals surface area contributed by atoms with E-state index in [2.05, 4.69) is 30.8 Å². The van der Waals surface area contributed by atoms with E-state index in [9.17, 15) is 18.0 Å². The molecule has 7 nitrogen and oxygen atoms in total. The van der Waals surface area contributed by atoms with Crippen LogP contribution in [0.5, 0.6) is 0 Å². The van der Waals surface area contributed by atoms with Gasteiger partial charge in [0.25, 0.3) is 0 Å². The van der Waals surface area contributed by atoms with Crippen molar-refractivity contribution >= 4 is 23.4 Å². The molecule has 2 amide bonds. The van der Waals surface area contributed by atoms with E-state index >= 15 is 0 Å². The Morgan fingerprint density at radius 1 is 1.14 bits per heavy atom. The summed E-state index contributed by atoms with van der Waals surface area (Å²) < 4.78 is 38.9. The lowest BCUT2D eigenvalue weighted by atomic mass is 10.1. The number of benzene rings is 1. The van der Waals surface area contributed by atoms with Crippen molar-refractivity contribution < 1.29 is 18.0 Å². The standard InChI is InChI=1S/C19H23F3N6O/c1-13-25-16(12-17(26-13)28-10-4-5-11-28)23-8-9-24-18(29)27-15-7-3-2-6-14(15)19(20,21)22/h2-3,6-7,12H,4-5,8-11H2,1H3,(H,23,25,26)(H2,24,27,29). The van der Waals surface area contributed by atoms with Crippen LogP contribution in [0, 0.1) is 6.92 Å². The molecule has 29 heavy (non-hydrogen) atoms. The Morgan fingerprint density at radius 2 is 1.86 bits per heavy atom. The first kappa shape index (κ1) is 20.7. The molecule has 2 heterocycles. The summed E-state index contributed by atoms with van der Waals surface area (Å²) in [6.07, 6.45) is -2.26. The van der Waals surface area contributed by atoms with E-state index in [1.165, 1.54) is 18.2 Å². The zero-order valence-corrected chi connectivity index (χ0v) is 16.0. The number of urea groups is 1. The number of hydrogen-bond donors (Lipinski definition) is 3. The van der Waals surface area contributed by atoms with Crippen molar-refractivity contribution in [2.45, 2.75) is 25.9 Å². The fourth-order valence-electron chi connectivity index (χ4n) is 3.12. The zero-order chi connectivity index (χ0) is 20.9. The second-order valence-electron chi connectivity index (χ2n) is 6.70. The van der Waals surface area contributed by atoms with E-state index < -0.39 is 17.8 Å². The molecule has 0 saturated carbocycles. The van der Waals surface area contributed by atoms with Crippen LogP contribution in [-0.4, -0.2) is 42.2 Å². The average Bonchev–Trinajstić information content (AvgIpc) is 3.19. The summed E-state index contributed by atoms with van der Waals surface area (Å²) in [4.78, 5) is 22.9. The van der Waals surface area contributed by atoms with E-state index in [0.29, 0.717) is 18.2 Å². The number of hydrogen-bond acceptors (Lipinski definition) is 5. The highest BCUT2D eigenvalue weighted by molar-refractivity contribution is 5.90. The molecule has 1 aliphatic heterocycles.